The molecule has 2 aliphatic heterocycles. The molecule has 0 radical (unpaired) electrons. The molecule has 3 fully saturated rings. The number of carbonyl (C=O) groups excluding carboxylic acids is 1. The number of nitrogens with one attached hydrogen (secondary N) is 3. The summed E-state index contributed by atoms with van der Waals surface area (Å²) in [5.74, 6) is 1.78. The quantitative estimate of drug-likeness (QED) is 0.183. The first kappa shape index (κ1) is 33.6. The van der Waals surface area contributed by atoms with Crippen LogP contribution < -0.4 is 25.4 Å². The summed E-state index contributed by atoms with van der Waals surface area (Å²) in [5, 5.41) is 11.0. The number of halogens is 2. The lowest BCUT2D eigenvalue weighted by Gasteiger charge is -2.33. The monoisotopic (exact) mass is 702 g/mol. The van der Waals surface area contributed by atoms with Gasteiger partial charge in [0.2, 0.25) is 17.7 Å². The van der Waals surface area contributed by atoms with E-state index in [2.05, 4.69) is 25.8 Å². The van der Waals surface area contributed by atoms with E-state index in [4.69, 9.17) is 47.6 Å². The highest BCUT2D eigenvalue weighted by Gasteiger charge is 2.34. The van der Waals surface area contributed by atoms with Crippen molar-refractivity contribution in [1.82, 2.24) is 40.8 Å². The molecule has 2 aromatic carbocycles. The molecule has 256 valence electrons. The van der Waals surface area contributed by atoms with Gasteiger partial charge in [0.1, 0.15) is 11.4 Å². The molecule has 11 nitrogen and oxygen atoms in total. The van der Waals surface area contributed by atoms with Crippen molar-refractivity contribution in [3.63, 3.8) is 0 Å². The van der Waals surface area contributed by atoms with Crippen LogP contribution in [0.4, 0.5) is 0 Å². The smallest absolute Gasteiger partial charge is 0.237 e. The number of hydrogen-bond donors (Lipinski definition) is 3. The number of carbonyl (C=O) groups is 1. The molecule has 0 bridgehead atoms. The van der Waals surface area contributed by atoms with Gasteiger partial charge in [0.25, 0.3) is 0 Å². The van der Waals surface area contributed by atoms with Crippen molar-refractivity contribution in [3.05, 3.63) is 70.2 Å². The van der Waals surface area contributed by atoms with Crippen molar-refractivity contribution in [1.29, 1.82) is 0 Å². The van der Waals surface area contributed by atoms with Crippen LogP contribution in [0.1, 0.15) is 37.1 Å². The molecule has 2 saturated heterocycles. The van der Waals surface area contributed by atoms with Gasteiger partial charge in [-0.3, -0.25) is 19.7 Å². The predicted molar refractivity (Wildman–Crippen MR) is 190 cm³/mol. The Labute approximate surface area is 296 Å². The Hall–Kier alpha value is -3.87. The summed E-state index contributed by atoms with van der Waals surface area (Å²) >= 11 is 14.2. The zero-order valence-corrected chi connectivity index (χ0v) is 29.2. The number of methoxy groups -OCH3 is 2. The van der Waals surface area contributed by atoms with Crippen molar-refractivity contribution >= 4 is 29.1 Å². The second-order valence-corrected chi connectivity index (χ2v) is 13.6. The van der Waals surface area contributed by atoms with Crippen LogP contribution in [0.15, 0.2) is 48.8 Å². The number of rotatable bonds is 12. The van der Waals surface area contributed by atoms with Gasteiger partial charge in [-0.2, -0.15) is 0 Å². The van der Waals surface area contributed by atoms with Crippen molar-refractivity contribution < 1.29 is 14.3 Å². The molecule has 3 aliphatic rings. The van der Waals surface area contributed by atoms with E-state index >= 15 is 0 Å². The summed E-state index contributed by atoms with van der Waals surface area (Å²) in [6, 6.07) is 12.2. The number of hydrogen-bond acceptors (Lipinski definition) is 10. The van der Waals surface area contributed by atoms with Crippen molar-refractivity contribution in [2.24, 2.45) is 5.92 Å². The van der Waals surface area contributed by atoms with E-state index in [9.17, 15) is 4.79 Å². The maximum atomic E-state index is 11.5. The second-order valence-electron chi connectivity index (χ2n) is 12.8. The van der Waals surface area contributed by atoms with Gasteiger partial charge in [0.05, 0.1) is 48.0 Å². The van der Waals surface area contributed by atoms with Gasteiger partial charge >= 0.3 is 0 Å². The lowest BCUT2D eigenvalue weighted by molar-refractivity contribution is -0.119. The number of piperazine rings is 1. The molecular formula is C36H40Cl2N8O3. The Kier molecular flexibility index (Phi) is 10.2. The van der Waals surface area contributed by atoms with Gasteiger partial charge in [0.15, 0.2) is 0 Å². The van der Waals surface area contributed by atoms with E-state index in [1.165, 1.54) is 12.8 Å². The molecule has 3 N–H and O–H groups in total. The molecule has 4 aromatic rings. The molecule has 13 heteroatoms. The van der Waals surface area contributed by atoms with Gasteiger partial charge < -0.3 is 25.4 Å². The fourth-order valence-electron chi connectivity index (χ4n) is 6.69. The van der Waals surface area contributed by atoms with Gasteiger partial charge in [-0.1, -0.05) is 59.6 Å². The number of aromatic nitrogens is 4. The molecular weight excluding hydrogens is 663 g/mol. The van der Waals surface area contributed by atoms with E-state index < -0.39 is 0 Å². The molecule has 2 atom stereocenters. The minimum absolute atomic E-state index is 0.0893. The zero-order valence-electron chi connectivity index (χ0n) is 27.6. The average Bonchev–Trinajstić information content (AvgIpc) is 3.90. The first-order valence-corrected chi connectivity index (χ1v) is 17.5. The van der Waals surface area contributed by atoms with E-state index in [0.717, 1.165) is 54.4 Å². The zero-order chi connectivity index (χ0) is 33.9. The molecule has 7 rings (SSSR count). The summed E-state index contributed by atoms with van der Waals surface area (Å²) < 4.78 is 11.3. The number of ether oxygens (including phenoxy) is 2. The van der Waals surface area contributed by atoms with Crippen LogP contribution in [0.2, 0.25) is 10.0 Å². The lowest BCUT2D eigenvalue weighted by atomic mass is 9.98. The van der Waals surface area contributed by atoms with Crippen molar-refractivity contribution in [2.75, 3.05) is 40.4 Å². The summed E-state index contributed by atoms with van der Waals surface area (Å²) in [7, 11) is 3.20. The Morgan fingerprint density at radius 1 is 0.878 bits per heavy atom. The average molecular weight is 704 g/mol. The standard InChI is InChI=1S/C36H40Cl2N8O3/c1-48-35-29(16-39-15-22-11-12-32(47)43-22)41-17-27(44-35)25-7-3-5-23(33(25)37)24-6-4-8-26(34(24)38)28-18-42-31(36(45-28)49-2)20-46-14-13-40-30(19-46)21-9-10-21/h3-8,17-18,21-22,30,39-40H,9-16,19-20H2,1-2H3,(H,43,47)/t22-,30?/m0/s1. The third kappa shape index (κ3) is 7.51. The van der Waals surface area contributed by atoms with Crippen LogP contribution in [-0.4, -0.2) is 83.2 Å². The van der Waals surface area contributed by atoms with Crippen LogP contribution in [0.5, 0.6) is 11.8 Å². The fraction of sp³-hybridized carbons (Fsp3) is 0.417. The summed E-state index contributed by atoms with van der Waals surface area (Å²) in [6.45, 7) is 4.73. The van der Waals surface area contributed by atoms with E-state index in [1.54, 1.807) is 26.6 Å². The van der Waals surface area contributed by atoms with Gasteiger partial charge in [-0.05, 0) is 25.2 Å². The Morgan fingerprint density at radius 2 is 1.49 bits per heavy atom. The minimum Gasteiger partial charge on any atom is -0.480 e. The second kappa shape index (κ2) is 14.9. The Balaban J connectivity index is 1.10. The van der Waals surface area contributed by atoms with Gasteiger partial charge in [-0.15, -0.1) is 0 Å². The molecule has 1 unspecified atom stereocenters. The van der Waals surface area contributed by atoms with Crippen LogP contribution >= 0.6 is 23.2 Å². The van der Waals surface area contributed by atoms with Crippen molar-refractivity contribution in [2.45, 2.75) is 50.9 Å². The molecule has 1 amide bonds. The molecule has 1 aliphatic carbocycles. The van der Waals surface area contributed by atoms with Crippen LogP contribution in [0, 0.1) is 5.92 Å². The third-order valence-electron chi connectivity index (χ3n) is 9.47. The number of nitrogens with zero attached hydrogens (tertiary/aromatic N) is 5. The SMILES string of the molecule is COc1nc(-c2cccc(-c3cccc(-c4cnc(CN5CCNC(C6CC6)C5)c(OC)n4)c3Cl)c2Cl)cnc1CNC[C@@H]1CCC(=O)N1. The highest BCUT2D eigenvalue weighted by Crippen LogP contribution is 2.42. The molecule has 49 heavy (non-hydrogen) atoms. The first-order chi connectivity index (χ1) is 23.9. The predicted octanol–water partition coefficient (Wildman–Crippen LogP) is 5.14. The first-order valence-electron chi connectivity index (χ1n) is 16.8. The highest BCUT2D eigenvalue weighted by atomic mass is 35.5. The molecule has 1 saturated carbocycles. The summed E-state index contributed by atoms with van der Waals surface area (Å²) in [6.07, 6.45) is 7.47. The summed E-state index contributed by atoms with van der Waals surface area (Å²) in [4.78, 5) is 33.0. The van der Waals surface area contributed by atoms with Crippen LogP contribution in [-0.2, 0) is 17.9 Å². The maximum Gasteiger partial charge on any atom is 0.237 e. The van der Waals surface area contributed by atoms with E-state index in [1.807, 2.05) is 36.4 Å². The highest BCUT2D eigenvalue weighted by molar-refractivity contribution is 6.39. The molecule has 4 heterocycles. The number of benzene rings is 2. The van der Waals surface area contributed by atoms with Gasteiger partial charge in [-0.25, -0.2) is 9.97 Å². The Morgan fingerprint density at radius 3 is 2.08 bits per heavy atom. The molecule has 2 aromatic heterocycles. The minimum atomic E-state index is 0.0893. The van der Waals surface area contributed by atoms with Crippen molar-refractivity contribution in [3.8, 4) is 45.4 Å². The Bertz CT molecular complexity index is 1840. The van der Waals surface area contributed by atoms with E-state index in [-0.39, 0.29) is 11.9 Å². The fourth-order valence-corrected chi connectivity index (χ4v) is 7.34. The van der Waals surface area contributed by atoms with Gasteiger partial charge in [0, 0.05) is 80.0 Å². The lowest BCUT2D eigenvalue weighted by Crippen LogP contribution is -2.51. The maximum absolute atomic E-state index is 11.5. The normalized spacial score (nSPS) is 19.6. The largest absolute Gasteiger partial charge is 0.480 e. The third-order valence-corrected chi connectivity index (χ3v) is 10.3. The molecule has 0 spiro atoms. The number of amides is 1. The topological polar surface area (TPSA) is 126 Å². The van der Waals surface area contributed by atoms with Crippen LogP contribution in [0.3, 0.4) is 0 Å². The van der Waals surface area contributed by atoms with Crippen LogP contribution in [0.25, 0.3) is 33.6 Å². The van der Waals surface area contributed by atoms with E-state index in [0.29, 0.717) is 76.5 Å². The summed E-state index contributed by atoms with van der Waals surface area (Å²) in [5.41, 5.74) is 5.58.